The average Bonchev–Trinajstić information content (AvgIpc) is 2.80. The Kier molecular flexibility index (Phi) is 6.72. The van der Waals surface area contributed by atoms with Crippen LogP contribution >= 0.6 is 0 Å². The van der Waals surface area contributed by atoms with Crippen LogP contribution in [0, 0.1) is 5.92 Å². The topological polar surface area (TPSA) is 82.1 Å². The summed E-state index contributed by atoms with van der Waals surface area (Å²) in [5.41, 5.74) is 0. The van der Waals surface area contributed by atoms with Crippen molar-refractivity contribution in [3.05, 3.63) is 12.2 Å². The number of rotatable bonds is 7. The number of nitrogens with zero attached hydrogens (tertiary/aromatic N) is 1. The van der Waals surface area contributed by atoms with E-state index in [1.54, 1.807) is 12.0 Å². The van der Waals surface area contributed by atoms with Crippen molar-refractivity contribution in [2.75, 3.05) is 40.5 Å². The van der Waals surface area contributed by atoms with Crippen LogP contribution < -0.4 is 0 Å². The molecule has 7 heteroatoms. The molecule has 0 aromatic heterocycles. The van der Waals surface area contributed by atoms with Crippen molar-refractivity contribution in [1.29, 1.82) is 0 Å². The Morgan fingerprint density at radius 1 is 1.30 bits per heavy atom. The molecule has 1 saturated heterocycles. The van der Waals surface area contributed by atoms with Crippen LogP contribution in [0.15, 0.2) is 12.2 Å². The van der Waals surface area contributed by atoms with Gasteiger partial charge in [0.05, 0.1) is 20.3 Å². The van der Waals surface area contributed by atoms with Gasteiger partial charge in [0.2, 0.25) is 5.91 Å². The molecule has 1 rings (SSSR count). The third-order valence-electron chi connectivity index (χ3n) is 2.88. The molecule has 0 N–H and O–H groups in total. The number of methoxy groups -OCH3 is 2. The molecular formula is C13H19NO6. The Hall–Kier alpha value is -1.89. The lowest BCUT2D eigenvalue weighted by molar-refractivity contribution is -0.140. The van der Waals surface area contributed by atoms with Gasteiger partial charge in [-0.15, -0.1) is 0 Å². The number of hydrogen-bond acceptors (Lipinski definition) is 6. The van der Waals surface area contributed by atoms with E-state index in [-0.39, 0.29) is 18.4 Å². The van der Waals surface area contributed by atoms with Crippen molar-refractivity contribution >= 4 is 17.8 Å². The molecule has 7 nitrogen and oxygen atoms in total. The van der Waals surface area contributed by atoms with Gasteiger partial charge in [-0.2, -0.15) is 0 Å². The number of carbonyl (C=O) groups excluding carboxylic acids is 3. The molecule has 1 fully saturated rings. The third kappa shape index (κ3) is 5.40. The van der Waals surface area contributed by atoms with Crippen molar-refractivity contribution in [2.45, 2.75) is 6.42 Å². The predicted molar refractivity (Wildman–Crippen MR) is 68.7 cm³/mol. The highest BCUT2D eigenvalue weighted by Gasteiger charge is 2.29. The molecule has 1 atom stereocenters. The Labute approximate surface area is 117 Å². The van der Waals surface area contributed by atoms with Gasteiger partial charge < -0.3 is 19.1 Å². The van der Waals surface area contributed by atoms with E-state index in [0.29, 0.717) is 26.1 Å². The highest BCUT2D eigenvalue weighted by Crippen LogP contribution is 2.17. The van der Waals surface area contributed by atoms with Crippen molar-refractivity contribution in [2.24, 2.45) is 5.92 Å². The van der Waals surface area contributed by atoms with Gasteiger partial charge in [-0.25, -0.2) is 9.59 Å². The first-order chi connectivity index (χ1) is 9.56. The molecule has 1 amide bonds. The Bertz CT molecular complexity index is 392. The highest BCUT2D eigenvalue weighted by atomic mass is 16.5. The molecule has 0 aromatic rings. The first kappa shape index (κ1) is 16.2. The van der Waals surface area contributed by atoms with Crippen LogP contribution in [0.2, 0.25) is 0 Å². The monoisotopic (exact) mass is 285 g/mol. The number of hydrogen-bond donors (Lipinski definition) is 0. The van der Waals surface area contributed by atoms with E-state index in [2.05, 4.69) is 4.74 Å². The number of carbonyl (C=O) groups is 3. The van der Waals surface area contributed by atoms with Gasteiger partial charge in [0.25, 0.3) is 0 Å². The van der Waals surface area contributed by atoms with Gasteiger partial charge in [0, 0.05) is 44.7 Å². The lowest BCUT2D eigenvalue weighted by Crippen LogP contribution is -2.29. The minimum Gasteiger partial charge on any atom is -0.466 e. The summed E-state index contributed by atoms with van der Waals surface area (Å²) in [7, 11) is 2.80. The molecule has 0 bridgehead atoms. The number of amides is 1. The zero-order valence-electron chi connectivity index (χ0n) is 11.7. The largest absolute Gasteiger partial charge is 0.466 e. The summed E-state index contributed by atoms with van der Waals surface area (Å²) in [5, 5.41) is 0. The third-order valence-corrected chi connectivity index (χ3v) is 2.88. The fourth-order valence-corrected chi connectivity index (χ4v) is 1.84. The lowest BCUT2D eigenvalue weighted by atomic mass is 10.1. The summed E-state index contributed by atoms with van der Waals surface area (Å²) in [6.45, 7) is 1.73. The second kappa shape index (κ2) is 8.31. The minimum absolute atomic E-state index is 0.0187. The van der Waals surface area contributed by atoms with Gasteiger partial charge in [-0.1, -0.05) is 0 Å². The van der Waals surface area contributed by atoms with Crippen molar-refractivity contribution in [3.63, 3.8) is 0 Å². The van der Waals surface area contributed by atoms with E-state index >= 15 is 0 Å². The fourth-order valence-electron chi connectivity index (χ4n) is 1.84. The Morgan fingerprint density at radius 3 is 2.65 bits per heavy atom. The van der Waals surface area contributed by atoms with Crippen LogP contribution in [0.4, 0.5) is 0 Å². The molecule has 20 heavy (non-hydrogen) atoms. The van der Waals surface area contributed by atoms with E-state index in [1.807, 2.05) is 0 Å². The predicted octanol–water partition coefficient (Wildman–Crippen LogP) is -0.246. The van der Waals surface area contributed by atoms with Gasteiger partial charge in [0.1, 0.15) is 0 Å². The number of ether oxygens (including phenoxy) is 3. The molecule has 1 aliphatic heterocycles. The maximum Gasteiger partial charge on any atom is 0.331 e. The van der Waals surface area contributed by atoms with Crippen molar-refractivity contribution in [1.82, 2.24) is 4.90 Å². The highest BCUT2D eigenvalue weighted by molar-refractivity contribution is 5.91. The van der Waals surface area contributed by atoms with E-state index in [1.165, 1.54) is 7.11 Å². The van der Waals surface area contributed by atoms with Gasteiger partial charge >= 0.3 is 11.9 Å². The van der Waals surface area contributed by atoms with E-state index in [9.17, 15) is 14.4 Å². The number of esters is 2. The molecule has 0 spiro atoms. The summed E-state index contributed by atoms with van der Waals surface area (Å²) in [6, 6.07) is 0. The van der Waals surface area contributed by atoms with E-state index in [0.717, 1.165) is 12.2 Å². The van der Waals surface area contributed by atoms with Crippen molar-refractivity contribution < 1.29 is 28.6 Å². The summed E-state index contributed by atoms with van der Waals surface area (Å²) < 4.78 is 14.2. The summed E-state index contributed by atoms with van der Waals surface area (Å²) in [4.78, 5) is 35.4. The Balaban J connectivity index is 2.29. The molecule has 0 radical (unpaired) electrons. The zero-order valence-corrected chi connectivity index (χ0v) is 11.7. The molecular weight excluding hydrogens is 266 g/mol. The van der Waals surface area contributed by atoms with Crippen LogP contribution in [0.3, 0.4) is 0 Å². The van der Waals surface area contributed by atoms with E-state index in [4.69, 9.17) is 9.47 Å². The zero-order chi connectivity index (χ0) is 15.0. The first-order valence-corrected chi connectivity index (χ1v) is 6.26. The minimum atomic E-state index is -0.627. The molecule has 112 valence electrons. The maximum absolute atomic E-state index is 11.6. The van der Waals surface area contributed by atoms with Gasteiger partial charge in [-0.3, -0.25) is 4.79 Å². The van der Waals surface area contributed by atoms with Crippen LogP contribution in [0.5, 0.6) is 0 Å². The molecule has 1 aliphatic rings. The summed E-state index contributed by atoms with van der Waals surface area (Å²) >= 11 is 0. The molecule has 0 aliphatic carbocycles. The van der Waals surface area contributed by atoms with Crippen LogP contribution in [0.1, 0.15) is 6.42 Å². The standard InChI is InChI=1S/C13H19NO6/c1-18-6-5-14-8-10(7-11(14)15)9-20-13(17)4-3-12(16)19-2/h3-4,10H,5-9H2,1-2H3/b4-3+. The normalized spacial score (nSPS) is 18.6. The van der Waals surface area contributed by atoms with Crippen molar-refractivity contribution in [3.8, 4) is 0 Å². The number of likely N-dealkylation sites (tertiary alicyclic amines) is 1. The molecule has 0 saturated carbocycles. The average molecular weight is 285 g/mol. The summed E-state index contributed by atoms with van der Waals surface area (Å²) in [6.07, 6.45) is 2.36. The maximum atomic E-state index is 11.6. The smallest absolute Gasteiger partial charge is 0.331 e. The van der Waals surface area contributed by atoms with E-state index < -0.39 is 11.9 Å². The molecule has 0 aromatic carbocycles. The van der Waals surface area contributed by atoms with Crippen LogP contribution in [0.25, 0.3) is 0 Å². The SMILES string of the molecule is COCCN1CC(COC(=O)/C=C/C(=O)OC)CC1=O. The quantitative estimate of drug-likeness (QED) is 0.474. The van der Waals surface area contributed by atoms with Crippen LogP contribution in [-0.4, -0.2) is 63.3 Å². The van der Waals surface area contributed by atoms with Gasteiger partial charge in [-0.05, 0) is 0 Å². The summed E-state index contributed by atoms with van der Waals surface area (Å²) in [5.74, 6) is -1.23. The molecule has 1 heterocycles. The second-order valence-electron chi connectivity index (χ2n) is 4.39. The van der Waals surface area contributed by atoms with Gasteiger partial charge in [0.15, 0.2) is 0 Å². The lowest BCUT2D eigenvalue weighted by Gasteiger charge is -2.15. The fraction of sp³-hybridized carbons (Fsp3) is 0.615. The Morgan fingerprint density at radius 2 is 2.00 bits per heavy atom. The second-order valence-corrected chi connectivity index (χ2v) is 4.39. The first-order valence-electron chi connectivity index (χ1n) is 6.26. The molecule has 1 unspecified atom stereocenters. The van der Waals surface area contributed by atoms with Crippen LogP contribution in [-0.2, 0) is 28.6 Å².